The molecule has 0 fully saturated rings. The van der Waals surface area contributed by atoms with Crippen LogP contribution in [0.2, 0.25) is 0 Å². The lowest BCUT2D eigenvalue weighted by Crippen LogP contribution is -2.13. The van der Waals surface area contributed by atoms with Crippen molar-refractivity contribution in [1.29, 1.82) is 0 Å². The Hall–Kier alpha value is -0.240. The molecule has 6 heteroatoms. The van der Waals surface area contributed by atoms with Crippen LogP contribution in [0.25, 0.3) is 0 Å². The van der Waals surface area contributed by atoms with Gasteiger partial charge in [0, 0.05) is 6.61 Å². The van der Waals surface area contributed by atoms with E-state index in [0.717, 1.165) is 18.9 Å². The lowest BCUT2D eigenvalue weighted by Gasteiger charge is -2.08. The van der Waals surface area contributed by atoms with Gasteiger partial charge in [-0.2, -0.15) is 0 Å². The minimum Gasteiger partial charge on any atom is -0.394 e. The minimum absolute atomic E-state index is 0.0481. The first-order chi connectivity index (χ1) is 11.8. The molecular weight excluding hydrogens is 312 g/mol. The van der Waals surface area contributed by atoms with Gasteiger partial charge in [-0.05, 0) is 12.3 Å². The van der Waals surface area contributed by atoms with Gasteiger partial charge in [-0.3, -0.25) is 0 Å². The van der Waals surface area contributed by atoms with Crippen molar-refractivity contribution in [2.45, 2.75) is 39.5 Å². The number of unbranched alkanes of at least 4 members (excludes halogenated alkanes) is 2. The number of ether oxygens (including phenoxy) is 5. The predicted molar refractivity (Wildman–Crippen MR) is 94.5 cm³/mol. The van der Waals surface area contributed by atoms with Crippen molar-refractivity contribution in [3.8, 4) is 0 Å². The predicted octanol–water partition coefficient (Wildman–Crippen LogP) is 2.28. The topological polar surface area (TPSA) is 66.4 Å². The van der Waals surface area contributed by atoms with Gasteiger partial charge < -0.3 is 28.8 Å². The highest BCUT2D eigenvalue weighted by Crippen LogP contribution is 2.07. The SMILES string of the molecule is CC(C)CCCCCOCCOCCOCCOCCOCCO. The van der Waals surface area contributed by atoms with E-state index < -0.39 is 0 Å². The monoisotopic (exact) mass is 350 g/mol. The second-order valence-electron chi connectivity index (χ2n) is 6.03. The van der Waals surface area contributed by atoms with Crippen molar-refractivity contribution in [2.24, 2.45) is 5.92 Å². The molecule has 0 aromatic carbocycles. The smallest absolute Gasteiger partial charge is 0.0701 e. The van der Waals surface area contributed by atoms with E-state index in [4.69, 9.17) is 28.8 Å². The molecule has 0 spiro atoms. The van der Waals surface area contributed by atoms with E-state index in [2.05, 4.69) is 13.8 Å². The van der Waals surface area contributed by atoms with Gasteiger partial charge in [-0.15, -0.1) is 0 Å². The van der Waals surface area contributed by atoms with Gasteiger partial charge in [0.25, 0.3) is 0 Å². The van der Waals surface area contributed by atoms with Crippen LogP contribution in [0.1, 0.15) is 39.5 Å². The summed E-state index contributed by atoms with van der Waals surface area (Å²) in [4.78, 5) is 0. The molecule has 0 unspecified atom stereocenters. The zero-order valence-corrected chi connectivity index (χ0v) is 15.7. The molecular formula is C18H38O6. The van der Waals surface area contributed by atoms with Crippen LogP contribution in [0.15, 0.2) is 0 Å². The van der Waals surface area contributed by atoms with Crippen molar-refractivity contribution in [3.63, 3.8) is 0 Å². The molecule has 6 nitrogen and oxygen atoms in total. The molecule has 0 rings (SSSR count). The van der Waals surface area contributed by atoms with Crippen molar-refractivity contribution >= 4 is 0 Å². The lowest BCUT2D eigenvalue weighted by molar-refractivity contribution is -0.0134. The normalized spacial score (nSPS) is 11.5. The van der Waals surface area contributed by atoms with E-state index in [1.54, 1.807) is 0 Å². The maximum Gasteiger partial charge on any atom is 0.0701 e. The Morgan fingerprint density at radius 1 is 0.542 bits per heavy atom. The Bertz CT molecular complexity index is 226. The minimum atomic E-state index is 0.0481. The summed E-state index contributed by atoms with van der Waals surface area (Å²) < 4.78 is 26.7. The van der Waals surface area contributed by atoms with E-state index in [1.807, 2.05) is 0 Å². The van der Waals surface area contributed by atoms with Crippen molar-refractivity contribution < 1.29 is 28.8 Å². The van der Waals surface area contributed by atoms with Crippen LogP contribution in [-0.2, 0) is 23.7 Å². The largest absolute Gasteiger partial charge is 0.394 e. The summed E-state index contributed by atoms with van der Waals surface area (Å²) in [5.74, 6) is 0.805. The van der Waals surface area contributed by atoms with Crippen molar-refractivity contribution in [1.82, 2.24) is 0 Å². The summed E-state index contributed by atoms with van der Waals surface area (Å²) >= 11 is 0. The van der Waals surface area contributed by atoms with Gasteiger partial charge in [0.15, 0.2) is 0 Å². The first-order valence-electron chi connectivity index (χ1n) is 9.27. The summed E-state index contributed by atoms with van der Waals surface area (Å²) in [6.45, 7) is 10.3. The molecule has 146 valence electrons. The summed E-state index contributed by atoms with van der Waals surface area (Å²) in [5.41, 5.74) is 0. The van der Waals surface area contributed by atoms with Gasteiger partial charge in [-0.1, -0.05) is 33.1 Å². The summed E-state index contributed by atoms with van der Waals surface area (Å²) in [6, 6.07) is 0. The molecule has 0 saturated carbocycles. The van der Waals surface area contributed by atoms with Crippen LogP contribution in [-0.4, -0.2) is 77.8 Å². The van der Waals surface area contributed by atoms with Crippen molar-refractivity contribution in [2.75, 3.05) is 72.7 Å². The molecule has 0 heterocycles. The molecule has 1 N–H and O–H groups in total. The third kappa shape index (κ3) is 21.8. The highest BCUT2D eigenvalue weighted by atomic mass is 16.6. The maximum absolute atomic E-state index is 8.51. The average molecular weight is 350 g/mol. The molecule has 24 heavy (non-hydrogen) atoms. The van der Waals surface area contributed by atoms with Crippen LogP contribution in [0, 0.1) is 5.92 Å². The fourth-order valence-corrected chi connectivity index (χ4v) is 1.98. The molecule has 0 aliphatic carbocycles. The Labute approximate surface area is 147 Å². The maximum atomic E-state index is 8.51. The number of aliphatic hydroxyl groups excluding tert-OH is 1. The first-order valence-corrected chi connectivity index (χ1v) is 9.27. The Morgan fingerprint density at radius 3 is 1.38 bits per heavy atom. The van der Waals surface area contributed by atoms with E-state index >= 15 is 0 Å². The number of hydrogen-bond donors (Lipinski definition) is 1. The zero-order chi connectivity index (χ0) is 17.7. The second-order valence-corrected chi connectivity index (χ2v) is 6.03. The van der Waals surface area contributed by atoms with Gasteiger partial charge in [0.1, 0.15) is 0 Å². The van der Waals surface area contributed by atoms with E-state index in [9.17, 15) is 0 Å². The molecule has 0 aromatic heterocycles. The Balaban J connectivity index is 2.95. The molecule has 0 aliphatic heterocycles. The van der Waals surface area contributed by atoms with Gasteiger partial charge >= 0.3 is 0 Å². The fourth-order valence-electron chi connectivity index (χ4n) is 1.98. The summed E-state index contributed by atoms with van der Waals surface area (Å²) in [5, 5.41) is 8.51. The van der Waals surface area contributed by atoms with Crippen molar-refractivity contribution in [3.05, 3.63) is 0 Å². The molecule has 0 amide bonds. The van der Waals surface area contributed by atoms with Gasteiger partial charge in [0.05, 0.1) is 66.1 Å². The van der Waals surface area contributed by atoms with Gasteiger partial charge in [0.2, 0.25) is 0 Å². The number of aliphatic hydroxyl groups is 1. The Morgan fingerprint density at radius 2 is 0.958 bits per heavy atom. The van der Waals surface area contributed by atoms with Gasteiger partial charge in [-0.25, -0.2) is 0 Å². The standard InChI is InChI=1S/C18H38O6/c1-18(2)6-4-3-5-8-20-10-12-22-14-16-24-17-15-23-13-11-21-9-7-19/h18-19H,3-17H2,1-2H3. The van der Waals surface area contributed by atoms with E-state index in [-0.39, 0.29) is 6.61 Å². The zero-order valence-electron chi connectivity index (χ0n) is 15.7. The van der Waals surface area contributed by atoms with Crippen LogP contribution in [0.4, 0.5) is 0 Å². The molecule has 0 bridgehead atoms. The molecule has 0 atom stereocenters. The highest BCUT2D eigenvalue weighted by molar-refractivity contribution is 4.47. The third-order valence-electron chi connectivity index (χ3n) is 3.29. The number of rotatable bonds is 20. The summed E-state index contributed by atoms with van der Waals surface area (Å²) in [7, 11) is 0. The molecule has 0 saturated heterocycles. The third-order valence-corrected chi connectivity index (χ3v) is 3.29. The van der Waals surface area contributed by atoms with Crippen LogP contribution >= 0.6 is 0 Å². The van der Waals surface area contributed by atoms with Crippen LogP contribution in [0.3, 0.4) is 0 Å². The lowest BCUT2D eigenvalue weighted by atomic mass is 10.1. The Kier molecular flexibility index (Phi) is 20.6. The van der Waals surface area contributed by atoms with Crippen LogP contribution < -0.4 is 0 Å². The molecule has 0 aliphatic rings. The average Bonchev–Trinajstić information content (AvgIpc) is 2.56. The molecule has 0 radical (unpaired) electrons. The highest BCUT2D eigenvalue weighted by Gasteiger charge is 1.95. The van der Waals surface area contributed by atoms with Crippen LogP contribution in [0.5, 0.6) is 0 Å². The first kappa shape index (κ1) is 23.8. The molecule has 0 aromatic rings. The van der Waals surface area contributed by atoms with E-state index in [0.29, 0.717) is 59.5 Å². The summed E-state index contributed by atoms with van der Waals surface area (Å²) in [6.07, 6.45) is 5.00. The number of hydrogen-bond acceptors (Lipinski definition) is 6. The quantitative estimate of drug-likeness (QED) is 0.340. The fraction of sp³-hybridized carbons (Fsp3) is 1.00. The van der Waals surface area contributed by atoms with E-state index in [1.165, 1.54) is 19.3 Å². The second kappa shape index (κ2) is 20.8.